The maximum atomic E-state index is 5.49. The summed E-state index contributed by atoms with van der Waals surface area (Å²) in [4.78, 5) is 2.54. The fraction of sp³-hybridized carbons (Fsp3) is 1.00. The molecule has 1 heterocycles. The summed E-state index contributed by atoms with van der Waals surface area (Å²) >= 11 is 0. The maximum Gasteiger partial charge on any atom is 0.0674 e. The monoisotopic (exact) mass is 171 g/mol. The van der Waals surface area contributed by atoms with Crippen molar-refractivity contribution in [1.29, 1.82) is 0 Å². The van der Waals surface area contributed by atoms with Gasteiger partial charge in [0.05, 0.1) is 12.7 Å². The zero-order valence-electron chi connectivity index (χ0n) is 8.55. The highest BCUT2D eigenvalue weighted by atomic mass is 16.5. The van der Waals surface area contributed by atoms with Gasteiger partial charge in [0.15, 0.2) is 0 Å². The highest BCUT2D eigenvalue weighted by Crippen LogP contribution is 2.11. The molecule has 0 aromatic heterocycles. The lowest BCUT2D eigenvalue weighted by molar-refractivity contribution is -0.0325. The molecule has 1 aliphatic rings. The molecule has 0 N–H and O–H groups in total. The Balaban J connectivity index is 2.29. The molecule has 2 unspecified atom stereocenters. The molecule has 0 radical (unpaired) electrons. The molecule has 0 saturated carbocycles. The average molecular weight is 171 g/mol. The van der Waals surface area contributed by atoms with Crippen LogP contribution in [0.3, 0.4) is 0 Å². The minimum atomic E-state index is 0.429. The van der Waals surface area contributed by atoms with Crippen LogP contribution in [0, 0.1) is 0 Å². The highest BCUT2D eigenvalue weighted by molar-refractivity contribution is 4.73. The second kappa shape index (κ2) is 4.83. The van der Waals surface area contributed by atoms with Crippen molar-refractivity contribution in [3.8, 4) is 0 Å². The molecule has 1 saturated heterocycles. The first-order chi connectivity index (χ1) is 5.74. The van der Waals surface area contributed by atoms with E-state index in [9.17, 15) is 0 Å². The molecule has 2 heteroatoms. The SMILES string of the molecule is CCCC(C)N1CCOC(C)C1. The highest BCUT2D eigenvalue weighted by Gasteiger charge is 2.20. The standard InChI is InChI=1S/C10H21NO/c1-4-5-9(2)11-6-7-12-10(3)8-11/h9-10H,4-8H2,1-3H3. The molecule has 2 atom stereocenters. The van der Waals surface area contributed by atoms with Gasteiger partial charge in [-0.15, -0.1) is 0 Å². The number of rotatable bonds is 3. The molecule has 12 heavy (non-hydrogen) atoms. The van der Waals surface area contributed by atoms with Crippen molar-refractivity contribution < 1.29 is 4.74 Å². The number of hydrogen-bond acceptors (Lipinski definition) is 2. The summed E-state index contributed by atoms with van der Waals surface area (Å²) in [5, 5.41) is 0. The van der Waals surface area contributed by atoms with Crippen molar-refractivity contribution in [2.75, 3.05) is 19.7 Å². The smallest absolute Gasteiger partial charge is 0.0674 e. The van der Waals surface area contributed by atoms with Gasteiger partial charge in [-0.25, -0.2) is 0 Å². The van der Waals surface area contributed by atoms with Crippen molar-refractivity contribution in [3.05, 3.63) is 0 Å². The Morgan fingerprint density at radius 1 is 1.58 bits per heavy atom. The molecular formula is C10H21NO. The molecule has 0 aromatic rings. The topological polar surface area (TPSA) is 12.5 Å². The molecule has 2 nitrogen and oxygen atoms in total. The summed E-state index contributed by atoms with van der Waals surface area (Å²) in [6.07, 6.45) is 3.03. The molecular weight excluding hydrogens is 150 g/mol. The molecule has 0 spiro atoms. The number of nitrogens with zero attached hydrogens (tertiary/aromatic N) is 1. The van der Waals surface area contributed by atoms with Gasteiger partial charge in [-0.2, -0.15) is 0 Å². The predicted molar refractivity (Wildman–Crippen MR) is 51.4 cm³/mol. The Bertz CT molecular complexity index is 127. The third-order valence-corrected chi connectivity index (χ3v) is 2.60. The van der Waals surface area contributed by atoms with E-state index in [1.807, 2.05) is 0 Å². The van der Waals surface area contributed by atoms with Gasteiger partial charge in [0, 0.05) is 19.1 Å². The Hall–Kier alpha value is -0.0800. The predicted octanol–water partition coefficient (Wildman–Crippen LogP) is 1.90. The normalized spacial score (nSPS) is 28.8. The summed E-state index contributed by atoms with van der Waals surface area (Å²) in [5.41, 5.74) is 0. The minimum Gasteiger partial charge on any atom is -0.376 e. The largest absolute Gasteiger partial charge is 0.376 e. The molecule has 1 rings (SSSR count). The number of morpholine rings is 1. The van der Waals surface area contributed by atoms with E-state index in [1.54, 1.807) is 0 Å². The number of hydrogen-bond donors (Lipinski definition) is 0. The first-order valence-corrected chi connectivity index (χ1v) is 5.09. The quantitative estimate of drug-likeness (QED) is 0.643. The van der Waals surface area contributed by atoms with Crippen LogP contribution in [0.25, 0.3) is 0 Å². The van der Waals surface area contributed by atoms with E-state index in [4.69, 9.17) is 4.74 Å². The average Bonchev–Trinajstić information content (AvgIpc) is 2.05. The van der Waals surface area contributed by atoms with Crippen molar-refractivity contribution in [3.63, 3.8) is 0 Å². The van der Waals surface area contributed by atoms with Crippen LogP contribution in [0.5, 0.6) is 0 Å². The molecule has 72 valence electrons. The Labute approximate surface area is 75.9 Å². The summed E-state index contributed by atoms with van der Waals surface area (Å²) in [6, 6.07) is 0.737. The van der Waals surface area contributed by atoms with Crippen molar-refractivity contribution in [1.82, 2.24) is 4.90 Å². The third-order valence-electron chi connectivity index (χ3n) is 2.60. The van der Waals surface area contributed by atoms with E-state index in [-0.39, 0.29) is 0 Å². The van der Waals surface area contributed by atoms with Crippen molar-refractivity contribution >= 4 is 0 Å². The molecule has 1 fully saturated rings. The van der Waals surface area contributed by atoms with Gasteiger partial charge in [0.25, 0.3) is 0 Å². The van der Waals surface area contributed by atoms with Gasteiger partial charge in [0.1, 0.15) is 0 Å². The van der Waals surface area contributed by atoms with Crippen LogP contribution in [0.1, 0.15) is 33.6 Å². The van der Waals surface area contributed by atoms with Gasteiger partial charge in [0.2, 0.25) is 0 Å². The van der Waals surface area contributed by atoms with E-state index < -0.39 is 0 Å². The van der Waals surface area contributed by atoms with E-state index >= 15 is 0 Å². The molecule has 1 aliphatic heterocycles. The van der Waals surface area contributed by atoms with E-state index in [1.165, 1.54) is 12.8 Å². The summed E-state index contributed by atoms with van der Waals surface area (Å²) in [6.45, 7) is 9.87. The molecule has 0 aliphatic carbocycles. The number of ether oxygens (including phenoxy) is 1. The Morgan fingerprint density at radius 3 is 2.92 bits per heavy atom. The van der Waals surface area contributed by atoms with Crippen LogP contribution in [-0.4, -0.2) is 36.7 Å². The first-order valence-electron chi connectivity index (χ1n) is 5.09. The van der Waals surface area contributed by atoms with Gasteiger partial charge < -0.3 is 4.74 Å². The second-order valence-corrected chi connectivity index (χ2v) is 3.81. The molecule has 0 amide bonds. The van der Waals surface area contributed by atoms with Crippen molar-refractivity contribution in [2.45, 2.75) is 45.8 Å². The van der Waals surface area contributed by atoms with Crippen LogP contribution in [0.15, 0.2) is 0 Å². The Kier molecular flexibility index (Phi) is 4.02. The van der Waals surface area contributed by atoms with Gasteiger partial charge in [-0.1, -0.05) is 13.3 Å². The van der Waals surface area contributed by atoms with Gasteiger partial charge in [-0.3, -0.25) is 4.90 Å². The Morgan fingerprint density at radius 2 is 2.33 bits per heavy atom. The van der Waals surface area contributed by atoms with Crippen LogP contribution >= 0.6 is 0 Å². The molecule has 0 bridgehead atoms. The summed E-state index contributed by atoms with van der Waals surface area (Å²) < 4.78 is 5.49. The lowest BCUT2D eigenvalue weighted by Crippen LogP contribution is -2.45. The van der Waals surface area contributed by atoms with Gasteiger partial charge >= 0.3 is 0 Å². The second-order valence-electron chi connectivity index (χ2n) is 3.81. The molecule has 0 aromatic carbocycles. The summed E-state index contributed by atoms with van der Waals surface area (Å²) in [7, 11) is 0. The van der Waals surface area contributed by atoms with E-state index in [0.717, 1.165) is 25.7 Å². The van der Waals surface area contributed by atoms with E-state index in [2.05, 4.69) is 25.7 Å². The lowest BCUT2D eigenvalue weighted by atomic mass is 10.1. The van der Waals surface area contributed by atoms with Crippen LogP contribution in [-0.2, 0) is 4.74 Å². The lowest BCUT2D eigenvalue weighted by Gasteiger charge is -2.35. The zero-order valence-corrected chi connectivity index (χ0v) is 8.55. The van der Waals surface area contributed by atoms with Crippen LogP contribution in [0.4, 0.5) is 0 Å². The fourth-order valence-corrected chi connectivity index (χ4v) is 1.85. The zero-order chi connectivity index (χ0) is 8.97. The minimum absolute atomic E-state index is 0.429. The van der Waals surface area contributed by atoms with Crippen molar-refractivity contribution in [2.24, 2.45) is 0 Å². The van der Waals surface area contributed by atoms with E-state index in [0.29, 0.717) is 6.10 Å². The van der Waals surface area contributed by atoms with Crippen LogP contribution in [0.2, 0.25) is 0 Å². The first kappa shape index (κ1) is 10.0. The summed E-state index contributed by atoms with van der Waals surface area (Å²) in [5.74, 6) is 0. The van der Waals surface area contributed by atoms with Crippen LogP contribution < -0.4 is 0 Å². The van der Waals surface area contributed by atoms with Gasteiger partial charge in [-0.05, 0) is 20.3 Å². The third kappa shape index (κ3) is 2.76. The maximum absolute atomic E-state index is 5.49. The fourth-order valence-electron chi connectivity index (χ4n) is 1.85.